The van der Waals surface area contributed by atoms with Gasteiger partial charge < -0.3 is 10.3 Å². The third-order valence-corrected chi connectivity index (χ3v) is 5.53. The molecule has 2 heterocycles. The fourth-order valence-electron chi connectivity index (χ4n) is 3.40. The summed E-state index contributed by atoms with van der Waals surface area (Å²) in [6.07, 6.45) is 3.25. The van der Waals surface area contributed by atoms with Gasteiger partial charge in [-0.3, -0.25) is 9.59 Å². The van der Waals surface area contributed by atoms with Crippen molar-refractivity contribution in [2.45, 2.75) is 32.1 Å². The summed E-state index contributed by atoms with van der Waals surface area (Å²) in [5.41, 5.74) is 3.46. The highest BCUT2D eigenvalue weighted by Crippen LogP contribution is 2.49. The van der Waals surface area contributed by atoms with Gasteiger partial charge in [0.2, 0.25) is 5.91 Å². The van der Waals surface area contributed by atoms with Crippen molar-refractivity contribution in [1.29, 1.82) is 0 Å². The molecule has 6 heteroatoms. The normalized spacial score (nSPS) is 14.5. The van der Waals surface area contributed by atoms with E-state index in [1.807, 2.05) is 37.3 Å². The first kappa shape index (κ1) is 18.4. The molecule has 4 rings (SSSR count). The first-order valence-electron chi connectivity index (χ1n) is 9.14. The van der Waals surface area contributed by atoms with E-state index in [9.17, 15) is 9.59 Å². The number of nitrogens with zero attached hydrogens (tertiary/aromatic N) is 1. The second-order valence-corrected chi connectivity index (χ2v) is 7.74. The second kappa shape index (κ2) is 6.91. The van der Waals surface area contributed by atoms with E-state index >= 15 is 0 Å². The molecule has 1 fully saturated rings. The summed E-state index contributed by atoms with van der Waals surface area (Å²) in [5, 5.41) is 3.62. The number of benzene rings is 1. The molecular formula is C22H24ClN3O2. The van der Waals surface area contributed by atoms with Crippen LogP contribution in [-0.4, -0.2) is 15.9 Å². The van der Waals surface area contributed by atoms with Gasteiger partial charge in [0.15, 0.2) is 0 Å². The fourth-order valence-corrected chi connectivity index (χ4v) is 3.53. The lowest BCUT2D eigenvalue weighted by Crippen LogP contribution is -2.28. The van der Waals surface area contributed by atoms with Gasteiger partial charge in [0.25, 0.3) is 5.56 Å². The van der Waals surface area contributed by atoms with E-state index in [1.54, 1.807) is 25.3 Å². The summed E-state index contributed by atoms with van der Waals surface area (Å²) >= 11 is 5.97. The smallest absolute Gasteiger partial charge is 0.250 e. The zero-order valence-corrected chi connectivity index (χ0v) is 16.4. The molecule has 1 saturated carbocycles. The van der Waals surface area contributed by atoms with Crippen molar-refractivity contribution in [3.05, 3.63) is 80.7 Å². The number of aromatic amines is 1. The van der Waals surface area contributed by atoms with Crippen LogP contribution in [0.15, 0.2) is 53.5 Å². The molecule has 3 aromatic rings. The zero-order valence-electron chi connectivity index (χ0n) is 15.7. The van der Waals surface area contributed by atoms with Crippen LogP contribution in [0.5, 0.6) is 0 Å². The Morgan fingerprint density at radius 3 is 2.50 bits per heavy atom. The maximum atomic E-state index is 13.0. The maximum absolute atomic E-state index is 13.0. The number of hydrogen-bond acceptors (Lipinski definition) is 3. The van der Waals surface area contributed by atoms with Gasteiger partial charge in [-0.15, -0.1) is 0 Å². The number of aromatic nitrogens is 2. The summed E-state index contributed by atoms with van der Waals surface area (Å²) in [5.74, 6) is 0.435. The van der Waals surface area contributed by atoms with Crippen LogP contribution in [0.2, 0.25) is 5.02 Å². The van der Waals surface area contributed by atoms with Gasteiger partial charge in [0.05, 0.1) is 11.1 Å². The first-order chi connectivity index (χ1) is 13.4. The van der Waals surface area contributed by atoms with Crippen LogP contribution in [0.25, 0.3) is 11.3 Å². The average molecular weight is 398 g/mol. The number of aryl methyl sites for hydroxylation is 2. The van der Waals surface area contributed by atoms with Crippen LogP contribution in [0.1, 0.15) is 32.4 Å². The molecule has 1 aliphatic rings. The topological polar surface area (TPSA) is 74.8 Å². The molecule has 0 spiro atoms. The van der Waals surface area contributed by atoms with Gasteiger partial charge >= 0.3 is 0 Å². The molecular weight excluding hydrogens is 374 g/mol. The standard InChI is InChI=1S/C22H20ClN3O2.2H2/c1-13-3-8-18(25-19(13)15-11-14(2)20(27)24-12-15)26-21(28)22(9-10-22)16-4-6-17(23)7-5-16;;/h3-8,11-12H,9-10H2,1-2H3,(H,24,27)(H,25,26,28);2*1H. The predicted octanol–water partition coefficient (Wildman–Crippen LogP) is 4.87. The quantitative estimate of drug-likeness (QED) is 0.659. The molecule has 2 N–H and O–H groups in total. The monoisotopic (exact) mass is 397 g/mol. The van der Waals surface area contributed by atoms with E-state index in [0.29, 0.717) is 16.4 Å². The molecule has 5 nitrogen and oxygen atoms in total. The number of H-pyrrole nitrogens is 1. The SMILES string of the molecule is Cc1ccc(NC(=O)C2(c3ccc(Cl)cc3)CC2)nc1-c1c[nH]c(=O)c(C)c1.[HH].[HH]. The lowest BCUT2D eigenvalue weighted by Gasteiger charge is -2.16. The summed E-state index contributed by atoms with van der Waals surface area (Å²) in [6, 6.07) is 13.0. The Hall–Kier alpha value is -2.92. The van der Waals surface area contributed by atoms with Gasteiger partial charge in [-0.25, -0.2) is 4.98 Å². The molecule has 1 aliphatic carbocycles. The Balaban J connectivity index is 0.00000160. The highest BCUT2D eigenvalue weighted by Gasteiger charge is 2.51. The maximum Gasteiger partial charge on any atom is 0.250 e. The molecule has 0 bridgehead atoms. The Morgan fingerprint density at radius 2 is 1.86 bits per heavy atom. The molecule has 0 saturated heterocycles. The van der Waals surface area contributed by atoms with Crippen LogP contribution < -0.4 is 10.9 Å². The van der Waals surface area contributed by atoms with Gasteiger partial charge in [-0.1, -0.05) is 29.8 Å². The number of anilines is 1. The third-order valence-electron chi connectivity index (χ3n) is 5.28. The van der Waals surface area contributed by atoms with Crippen molar-refractivity contribution in [3.63, 3.8) is 0 Å². The molecule has 0 atom stereocenters. The number of carbonyl (C=O) groups excluding carboxylic acids is 1. The molecule has 0 unspecified atom stereocenters. The predicted molar refractivity (Wildman–Crippen MR) is 115 cm³/mol. The van der Waals surface area contributed by atoms with Crippen molar-refractivity contribution in [2.24, 2.45) is 0 Å². The van der Waals surface area contributed by atoms with Crippen molar-refractivity contribution < 1.29 is 7.65 Å². The number of pyridine rings is 2. The van der Waals surface area contributed by atoms with Crippen molar-refractivity contribution in [2.75, 3.05) is 5.32 Å². The molecule has 28 heavy (non-hydrogen) atoms. The summed E-state index contributed by atoms with van der Waals surface area (Å²) in [6.45, 7) is 3.71. The van der Waals surface area contributed by atoms with E-state index in [1.165, 1.54) is 0 Å². The molecule has 0 radical (unpaired) electrons. The minimum atomic E-state index is -0.508. The summed E-state index contributed by atoms with van der Waals surface area (Å²) in [4.78, 5) is 32.0. The minimum Gasteiger partial charge on any atom is -0.328 e. The molecule has 2 aromatic heterocycles. The summed E-state index contributed by atoms with van der Waals surface area (Å²) in [7, 11) is 0. The summed E-state index contributed by atoms with van der Waals surface area (Å²) < 4.78 is 0. The Kier molecular flexibility index (Phi) is 4.55. The highest BCUT2D eigenvalue weighted by molar-refractivity contribution is 6.30. The van der Waals surface area contributed by atoms with Gasteiger partial charge in [0, 0.05) is 25.2 Å². The number of amides is 1. The highest BCUT2D eigenvalue weighted by atomic mass is 35.5. The van der Waals surface area contributed by atoms with Gasteiger partial charge in [0.1, 0.15) is 5.82 Å². The van der Waals surface area contributed by atoms with E-state index in [2.05, 4.69) is 15.3 Å². The van der Waals surface area contributed by atoms with Crippen LogP contribution >= 0.6 is 11.6 Å². The van der Waals surface area contributed by atoms with Crippen LogP contribution in [0, 0.1) is 13.8 Å². The number of halogens is 1. The van der Waals surface area contributed by atoms with Crippen molar-refractivity contribution in [1.82, 2.24) is 9.97 Å². The molecule has 0 aliphatic heterocycles. The molecule has 1 amide bonds. The van der Waals surface area contributed by atoms with Crippen LogP contribution in [0.4, 0.5) is 5.82 Å². The van der Waals surface area contributed by atoms with E-state index < -0.39 is 5.41 Å². The number of rotatable bonds is 4. The lowest BCUT2D eigenvalue weighted by atomic mass is 9.95. The zero-order chi connectivity index (χ0) is 19.9. The van der Waals surface area contributed by atoms with Gasteiger partial charge in [-0.2, -0.15) is 0 Å². The van der Waals surface area contributed by atoms with Gasteiger partial charge in [-0.05, 0) is 62.1 Å². The number of nitrogens with one attached hydrogen (secondary N) is 2. The Bertz CT molecular complexity index is 1130. The van der Waals surface area contributed by atoms with E-state index in [4.69, 9.17) is 11.6 Å². The molecule has 146 valence electrons. The first-order valence-corrected chi connectivity index (χ1v) is 9.52. The Labute approximate surface area is 170 Å². The largest absolute Gasteiger partial charge is 0.328 e. The third kappa shape index (κ3) is 3.34. The fraction of sp³-hybridized carbons (Fsp3) is 0.227. The van der Waals surface area contributed by atoms with Crippen molar-refractivity contribution >= 4 is 23.3 Å². The Morgan fingerprint density at radius 1 is 1.14 bits per heavy atom. The average Bonchev–Trinajstić information content (AvgIpc) is 3.48. The van der Waals surface area contributed by atoms with Crippen LogP contribution in [-0.2, 0) is 10.2 Å². The number of hydrogen-bond donors (Lipinski definition) is 2. The van der Waals surface area contributed by atoms with E-state index in [0.717, 1.165) is 35.2 Å². The molecule has 1 aromatic carbocycles. The lowest BCUT2D eigenvalue weighted by molar-refractivity contribution is -0.118. The second-order valence-electron chi connectivity index (χ2n) is 7.31. The van der Waals surface area contributed by atoms with Crippen LogP contribution in [0.3, 0.4) is 0 Å². The van der Waals surface area contributed by atoms with Crippen molar-refractivity contribution in [3.8, 4) is 11.3 Å². The minimum absolute atomic E-state index is 0. The number of carbonyl (C=O) groups is 1. The van der Waals surface area contributed by atoms with E-state index in [-0.39, 0.29) is 14.3 Å².